The van der Waals surface area contributed by atoms with Gasteiger partial charge in [-0.25, -0.2) is 13.2 Å². The highest BCUT2D eigenvalue weighted by atomic mass is 32.2. The first-order valence-electron chi connectivity index (χ1n) is 7.48. The Morgan fingerprint density at radius 1 is 1.35 bits per heavy atom. The summed E-state index contributed by atoms with van der Waals surface area (Å²) in [5.41, 5.74) is 0. The number of sulfonamides is 1. The maximum atomic E-state index is 12.7. The van der Waals surface area contributed by atoms with Crippen LogP contribution in [0.15, 0.2) is 35.2 Å². The van der Waals surface area contributed by atoms with Gasteiger partial charge in [-0.2, -0.15) is 4.31 Å². The van der Waals surface area contributed by atoms with Crippen molar-refractivity contribution in [2.45, 2.75) is 43.2 Å². The molecule has 126 valence electrons. The minimum Gasteiger partial charge on any atom is -0.480 e. The average molecular weight is 340 g/mol. The quantitative estimate of drug-likeness (QED) is 0.798. The number of carbonyl (C=O) groups excluding carboxylic acids is 1. The van der Waals surface area contributed by atoms with E-state index in [9.17, 15) is 18.0 Å². The highest BCUT2D eigenvalue weighted by molar-refractivity contribution is 7.89. The molecule has 2 atom stereocenters. The van der Waals surface area contributed by atoms with Gasteiger partial charge in [-0.1, -0.05) is 25.1 Å². The van der Waals surface area contributed by atoms with E-state index in [-0.39, 0.29) is 17.9 Å². The molecule has 23 heavy (non-hydrogen) atoms. The average Bonchev–Trinajstić information content (AvgIpc) is 3.03. The number of carboxylic acid groups (broad SMARTS) is 1. The zero-order valence-electron chi connectivity index (χ0n) is 12.8. The van der Waals surface area contributed by atoms with Gasteiger partial charge < -0.3 is 10.4 Å². The molecule has 0 spiro atoms. The number of nitrogens with one attached hydrogen (secondary N) is 1. The standard InChI is InChI=1S/C15H20N2O5S/c1-2-12(15(19)20)16-14(18)13-9-6-10-17(13)23(21,22)11-7-4-3-5-8-11/h3-5,7-8,12-13H,2,6,9-10H2,1H3,(H,16,18)(H,19,20). The van der Waals surface area contributed by atoms with Gasteiger partial charge in [-0.15, -0.1) is 0 Å². The van der Waals surface area contributed by atoms with Gasteiger partial charge in [0.25, 0.3) is 0 Å². The largest absolute Gasteiger partial charge is 0.480 e. The lowest BCUT2D eigenvalue weighted by Crippen LogP contribution is -2.50. The Kier molecular flexibility index (Phi) is 5.38. The van der Waals surface area contributed by atoms with E-state index in [0.717, 1.165) is 4.31 Å². The van der Waals surface area contributed by atoms with Crippen LogP contribution in [0.1, 0.15) is 26.2 Å². The van der Waals surface area contributed by atoms with Crippen LogP contribution in [0.5, 0.6) is 0 Å². The fraction of sp³-hybridized carbons (Fsp3) is 0.467. The van der Waals surface area contributed by atoms with Crippen molar-refractivity contribution in [1.29, 1.82) is 0 Å². The van der Waals surface area contributed by atoms with Crippen LogP contribution in [-0.4, -0.2) is 48.3 Å². The maximum Gasteiger partial charge on any atom is 0.326 e. The van der Waals surface area contributed by atoms with Crippen molar-refractivity contribution in [3.8, 4) is 0 Å². The van der Waals surface area contributed by atoms with Crippen molar-refractivity contribution in [2.75, 3.05) is 6.54 Å². The zero-order chi connectivity index (χ0) is 17.0. The zero-order valence-corrected chi connectivity index (χ0v) is 13.6. The normalized spacial score (nSPS) is 20.1. The molecule has 1 amide bonds. The third-order valence-corrected chi connectivity index (χ3v) is 5.80. The number of amides is 1. The number of rotatable bonds is 6. The fourth-order valence-corrected chi connectivity index (χ4v) is 4.30. The molecular weight excluding hydrogens is 320 g/mol. The summed E-state index contributed by atoms with van der Waals surface area (Å²) >= 11 is 0. The molecule has 7 nitrogen and oxygen atoms in total. The highest BCUT2D eigenvalue weighted by Crippen LogP contribution is 2.26. The topological polar surface area (TPSA) is 104 Å². The van der Waals surface area contributed by atoms with Gasteiger partial charge in [0, 0.05) is 6.54 Å². The number of hydrogen-bond donors (Lipinski definition) is 2. The minimum absolute atomic E-state index is 0.130. The second-order valence-electron chi connectivity index (χ2n) is 5.39. The van der Waals surface area contributed by atoms with Gasteiger partial charge >= 0.3 is 5.97 Å². The van der Waals surface area contributed by atoms with E-state index in [1.807, 2.05) is 0 Å². The summed E-state index contributed by atoms with van der Waals surface area (Å²) in [4.78, 5) is 23.5. The van der Waals surface area contributed by atoms with E-state index < -0.39 is 34.0 Å². The van der Waals surface area contributed by atoms with Crippen LogP contribution < -0.4 is 5.32 Å². The van der Waals surface area contributed by atoms with Crippen molar-refractivity contribution >= 4 is 21.9 Å². The first-order chi connectivity index (χ1) is 10.9. The van der Waals surface area contributed by atoms with Crippen molar-refractivity contribution in [1.82, 2.24) is 9.62 Å². The number of nitrogens with zero attached hydrogens (tertiary/aromatic N) is 1. The Morgan fingerprint density at radius 2 is 2.00 bits per heavy atom. The molecule has 1 fully saturated rings. The van der Waals surface area contributed by atoms with Crippen LogP contribution in [0.4, 0.5) is 0 Å². The summed E-state index contributed by atoms with van der Waals surface area (Å²) in [6, 6.07) is 6.04. The van der Waals surface area contributed by atoms with E-state index >= 15 is 0 Å². The van der Waals surface area contributed by atoms with Crippen molar-refractivity contribution in [3.05, 3.63) is 30.3 Å². The van der Waals surface area contributed by atoms with Crippen LogP contribution in [-0.2, 0) is 19.6 Å². The Bertz CT molecular complexity index is 674. The molecule has 0 radical (unpaired) electrons. The summed E-state index contributed by atoms with van der Waals surface area (Å²) < 4.78 is 26.5. The first-order valence-corrected chi connectivity index (χ1v) is 8.92. The summed E-state index contributed by atoms with van der Waals surface area (Å²) in [7, 11) is -3.77. The molecule has 0 aromatic heterocycles. The molecule has 1 aromatic rings. The molecule has 8 heteroatoms. The van der Waals surface area contributed by atoms with E-state index in [0.29, 0.717) is 12.8 Å². The molecule has 1 saturated heterocycles. The molecule has 2 N–H and O–H groups in total. The number of benzene rings is 1. The Labute approximate surface area is 135 Å². The van der Waals surface area contributed by atoms with Crippen LogP contribution in [0.3, 0.4) is 0 Å². The second-order valence-corrected chi connectivity index (χ2v) is 7.29. The fourth-order valence-electron chi connectivity index (χ4n) is 2.62. The van der Waals surface area contributed by atoms with Gasteiger partial charge in [-0.05, 0) is 31.4 Å². The molecule has 2 rings (SSSR count). The first kappa shape index (κ1) is 17.4. The number of carbonyl (C=O) groups is 2. The SMILES string of the molecule is CCC(NC(=O)C1CCCN1S(=O)(=O)c1ccccc1)C(=O)O. The van der Waals surface area contributed by atoms with Crippen LogP contribution in [0, 0.1) is 0 Å². The molecule has 0 aliphatic carbocycles. The van der Waals surface area contributed by atoms with Gasteiger partial charge in [-0.3, -0.25) is 4.79 Å². The minimum atomic E-state index is -3.77. The summed E-state index contributed by atoms with van der Waals surface area (Å²) in [6.07, 6.45) is 1.18. The molecule has 2 unspecified atom stereocenters. The van der Waals surface area contributed by atoms with Crippen molar-refractivity contribution in [3.63, 3.8) is 0 Å². The predicted molar refractivity (Wildman–Crippen MR) is 83.2 cm³/mol. The molecule has 0 bridgehead atoms. The van der Waals surface area contributed by atoms with Gasteiger partial charge in [0.05, 0.1) is 4.90 Å². The van der Waals surface area contributed by atoms with Crippen LogP contribution in [0.25, 0.3) is 0 Å². The summed E-state index contributed by atoms with van der Waals surface area (Å²) in [5, 5.41) is 11.4. The number of carboxylic acids is 1. The lowest BCUT2D eigenvalue weighted by atomic mass is 10.2. The Hall–Kier alpha value is -1.93. The van der Waals surface area contributed by atoms with E-state index in [4.69, 9.17) is 5.11 Å². The molecule has 1 heterocycles. The maximum absolute atomic E-state index is 12.7. The molecule has 1 aromatic carbocycles. The summed E-state index contributed by atoms with van der Waals surface area (Å²) in [6.45, 7) is 1.89. The third kappa shape index (κ3) is 3.70. The number of aliphatic carboxylic acids is 1. The van der Waals surface area contributed by atoms with Gasteiger partial charge in [0.15, 0.2) is 0 Å². The monoisotopic (exact) mass is 340 g/mol. The lowest BCUT2D eigenvalue weighted by Gasteiger charge is -2.24. The number of hydrogen-bond acceptors (Lipinski definition) is 4. The van der Waals surface area contributed by atoms with Crippen molar-refractivity contribution < 1.29 is 23.1 Å². The highest BCUT2D eigenvalue weighted by Gasteiger charge is 2.40. The molecule has 1 aliphatic heterocycles. The summed E-state index contributed by atoms with van der Waals surface area (Å²) in [5.74, 6) is -1.69. The van der Waals surface area contributed by atoms with Gasteiger partial charge in [0.2, 0.25) is 15.9 Å². The lowest BCUT2D eigenvalue weighted by molar-refractivity contribution is -0.142. The van der Waals surface area contributed by atoms with E-state index in [2.05, 4.69) is 5.32 Å². The smallest absolute Gasteiger partial charge is 0.326 e. The predicted octanol–water partition coefficient (Wildman–Crippen LogP) is 0.819. The van der Waals surface area contributed by atoms with Crippen molar-refractivity contribution in [2.24, 2.45) is 0 Å². The third-order valence-electron chi connectivity index (χ3n) is 3.88. The van der Waals surface area contributed by atoms with Gasteiger partial charge in [0.1, 0.15) is 12.1 Å². The molecular formula is C15H20N2O5S. The molecule has 0 saturated carbocycles. The molecule has 1 aliphatic rings. The van der Waals surface area contributed by atoms with Crippen LogP contribution in [0.2, 0.25) is 0 Å². The van der Waals surface area contributed by atoms with E-state index in [1.165, 1.54) is 12.1 Å². The van der Waals surface area contributed by atoms with E-state index in [1.54, 1.807) is 25.1 Å². The Balaban J connectivity index is 2.20. The Morgan fingerprint density at radius 3 is 2.57 bits per heavy atom. The van der Waals surface area contributed by atoms with Crippen LogP contribution >= 0.6 is 0 Å². The second kappa shape index (κ2) is 7.10.